The summed E-state index contributed by atoms with van der Waals surface area (Å²) in [4.78, 5) is 24.4. The zero-order valence-electron chi connectivity index (χ0n) is 13.4. The van der Waals surface area contributed by atoms with Crippen molar-refractivity contribution in [1.29, 1.82) is 0 Å². The summed E-state index contributed by atoms with van der Waals surface area (Å²) >= 11 is 0. The highest BCUT2D eigenvalue weighted by atomic mass is 35.5. The molecule has 0 spiro atoms. The van der Waals surface area contributed by atoms with Gasteiger partial charge in [0.2, 0.25) is 0 Å². The van der Waals surface area contributed by atoms with Gasteiger partial charge in [-0.05, 0) is 31.5 Å². The van der Waals surface area contributed by atoms with E-state index in [0.29, 0.717) is 13.1 Å². The predicted octanol–water partition coefficient (Wildman–Crippen LogP) is 2.47. The molecule has 1 aliphatic rings. The zero-order valence-corrected chi connectivity index (χ0v) is 14.3. The summed E-state index contributed by atoms with van der Waals surface area (Å²) in [6.07, 6.45) is 3.59. The Labute approximate surface area is 147 Å². The van der Waals surface area contributed by atoms with Crippen molar-refractivity contribution in [2.45, 2.75) is 25.4 Å². The van der Waals surface area contributed by atoms with Gasteiger partial charge in [0.15, 0.2) is 0 Å². The standard InChI is InChI=1S/C16H22N4O3.ClH/c1-2-11-19(14-7-9-17-10-8-14)16(21)18-12-13-3-5-15(6-4-13)20(22)23;/h2-6,14,17H,1,7-12H2,(H,18,21);1H. The molecule has 24 heavy (non-hydrogen) atoms. The zero-order chi connectivity index (χ0) is 16.7. The lowest BCUT2D eigenvalue weighted by molar-refractivity contribution is -0.384. The number of nitrogens with one attached hydrogen (secondary N) is 2. The third-order valence-corrected chi connectivity index (χ3v) is 3.93. The molecule has 0 bridgehead atoms. The second-order valence-corrected chi connectivity index (χ2v) is 5.50. The van der Waals surface area contributed by atoms with Crippen LogP contribution in [0.25, 0.3) is 0 Å². The molecule has 132 valence electrons. The van der Waals surface area contributed by atoms with E-state index in [1.807, 2.05) is 0 Å². The van der Waals surface area contributed by atoms with Gasteiger partial charge in [0, 0.05) is 31.3 Å². The third-order valence-electron chi connectivity index (χ3n) is 3.93. The SMILES string of the molecule is C=CCN(C(=O)NCc1ccc([N+](=O)[O-])cc1)C1CCNCC1.Cl. The minimum Gasteiger partial charge on any atom is -0.334 e. The van der Waals surface area contributed by atoms with Crippen LogP contribution in [0, 0.1) is 10.1 Å². The van der Waals surface area contributed by atoms with Crippen LogP contribution in [0.3, 0.4) is 0 Å². The molecule has 1 heterocycles. The van der Waals surface area contributed by atoms with Crippen molar-refractivity contribution in [3.63, 3.8) is 0 Å². The molecule has 1 aliphatic heterocycles. The number of amides is 2. The highest BCUT2D eigenvalue weighted by Crippen LogP contribution is 2.14. The molecular weight excluding hydrogens is 332 g/mol. The van der Waals surface area contributed by atoms with Crippen LogP contribution in [0.15, 0.2) is 36.9 Å². The van der Waals surface area contributed by atoms with Crippen LogP contribution in [0.2, 0.25) is 0 Å². The van der Waals surface area contributed by atoms with Crippen LogP contribution >= 0.6 is 12.4 Å². The number of nitrogens with zero attached hydrogens (tertiary/aromatic N) is 2. The van der Waals surface area contributed by atoms with Crippen molar-refractivity contribution in [3.8, 4) is 0 Å². The number of non-ortho nitro benzene ring substituents is 1. The first-order valence-corrected chi connectivity index (χ1v) is 7.71. The van der Waals surface area contributed by atoms with Crippen LogP contribution in [0.4, 0.5) is 10.5 Å². The number of nitro groups is 1. The number of urea groups is 1. The molecule has 1 aromatic carbocycles. The molecule has 0 aromatic heterocycles. The molecule has 0 aliphatic carbocycles. The smallest absolute Gasteiger partial charge is 0.318 e. The molecule has 1 aromatic rings. The van der Waals surface area contributed by atoms with E-state index in [-0.39, 0.29) is 30.2 Å². The van der Waals surface area contributed by atoms with Crippen molar-refractivity contribution < 1.29 is 9.72 Å². The van der Waals surface area contributed by atoms with Crippen LogP contribution in [-0.4, -0.2) is 41.5 Å². The van der Waals surface area contributed by atoms with Crippen LogP contribution in [0.1, 0.15) is 18.4 Å². The second kappa shape index (κ2) is 9.89. The molecule has 1 saturated heterocycles. The highest BCUT2D eigenvalue weighted by Gasteiger charge is 2.24. The number of piperidine rings is 1. The lowest BCUT2D eigenvalue weighted by atomic mass is 10.1. The molecule has 0 radical (unpaired) electrons. The Hall–Kier alpha value is -2.12. The molecule has 0 unspecified atom stereocenters. The molecule has 8 heteroatoms. The first-order valence-electron chi connectivity index (χ1n) is 7.71. The van der Waals surface area contributed by atoms with Gasteiger partial charge in [0.1, 0.15) is 0 Å². The fourth-order valence-electron chi connectivity index (χ4n) is 2.67. The van der Waals surface area contributed by atoms with Gasteiger partial charge in [-0.2, -0.15) is 0 Å². The van der Waals surface area contributed by atoms with Crippen molar-refractivity contribution in [2.24, 2.45) is 0 Å². The lowest BCUT2D eigenvalue weighted by Gasteiger charge is -2.34. The van der Waals surface area contributed by atoms with Crippen molar-refractivity contribution >= 4 is 24.1 Å². The van der Waals surface area contributed by atoms with E-state index in [9.17, 15) is 14.9 Å². The van der Waals surface area contributed by atoms with Crippen molar-refractivity contribution in [1.82, 2.24) is 15.5 Å². The Bertz CT molecular complexity index is 559. The molecule has 2 amide bonds. The van der Waals surface area contributed by atoms with Gasteiger partial charge in [-0.25, -0.2) is 4.79 Å². The summed E-state index contributed by atoms with van der Waals surface area (Å²) in [6.45, 7) is 6.40. The van der Waals surface area contributed by atoms with Crippen molar-refractivity contribution in [3.05, 3.63) is 52.6 Å². The van der Waals surface area contributed by atoms with E-state index in [2.05, 4.69) is 17.2 Å². The topological polar surface area (TPSA) is 87.5 Å². The van der Waals surface area contributed by atoms with E-state index in [4.69, 9.17) is 0 Å². The minimum atomic E-state index is -0.439. The first-order chi connectivity index (χ1) is 11.1. The Balaban J connectivity index is 0.00000288. The van der Waals surface area contributed by atoms with E-state index < -0.39 is 4.92 Å². The fourth-order valence-corrected chi connectivity index (χ4v) is 2.67. The van der Waals surface area contributed by atoms with Gasteiger partial charge >= 0.3 is 6.03 Å². The van der Waals surface area contributed by atoms with Crippen LogP contribution in [0.5, 0.6) is 0 Å². The third kappa shape index (κ3) is 5.50. The van der Waals surface area contributed by atoms with Gasteiger partial charge in [-0.1, -0.05) is 18.2 Å². The van der Waals surface area contributed by atoms with Crippen LogP contribution in [-0.2, 0) is 6.54 Å². The average molecular weight is 355 g/mol. The van der Waals surface area contributed by atoms with Gasteiger partial charge in [-0.3, -0.25) is 10.1 Å². The molecule has 2 N–H and O–H groups in total. The minimum absolute atomic E-state index is 0. The fraction of sp³-hybridized carbons (Fsp3) is 0.438. The number of rotatable bonds is 6. The van der Waals surface area contributed by atoms with Crippen LogP contribution < -0.4 is 10.6 Å². The van der Waals surface area contributed by atoms with E-state index in [0.717, 1.165) is 31.5 Å². The lowest BCUT2D eigenvalue weighted by Crippen LogP contribution is -2.49. The number of carbonyl (C=O) groups excluding carboxylic acids is 1. The Morgan fingerprint density at radius 3 is 2.54 bits per heavy atom. The van der Waals surface area contributed by atoms with E-state index in [1.54, 1.807) is 23.1 Å². The monoisotopic (exact) mass is 354 g/mol. The second-order valence-electron chi connectivity index (χ2n) is 5.50. The largest absolute Gasteiger partial charge is 0.334 e. The summed E-state index contributed by atoms with van der Waals surface area (Å²) in [7, 11) is 0. The number of carbonyl (C=O) groups is 1. The first kappa shape index (κ1) is 19.9. The molecular formula is C16H23ClN4O3. The van der Waals surface area contributed by atoms with Gasteiger partial charge in [0.05, 0.1) is 4.92 Å². The molecule has 2 rings (SSSR count). The molecule has 0 saturated carbocycles. The average Bonchev–Trinajstić information content (AvgIpc) is 2.58. The Kier molecular flexibility index (Phi) is 8.21. The normalized spacial score (nSPS) is 14.3. The maximum Gasteiger partial charge on any atom is 0.318 e. The maximum atomic E-state index is 12.4. The summed E-state index contributed by atoms with van der Waals surface area (Å²) < 4.78 is 0. The summed E-state index contributed by atoms with van der Waals surface area (Å²) in [6, 6.07) is 6.27. The molecule has 7 nitrogen and oxygen atoms in total. The number of hydrogen-bond acceptors (Lipinski definition) is 4. The maximum absolute atomic E-state index is 12.4. The summed E-state index contributed by atoms with van der Waals surface area (Å²) in [5.41, 5.74) is 0.871. The highest BCUT2D eigenvalue weighted by molar-refractivity contribution is 5.85. The number of benzene rings is 1. The number of hydrogen-bond donors (Lipinski definition) is 2. The molecule has 1 fully saturated rings. The van der Waals surface area contributed by atoms with Gasteiger partial charge in [-0.15, -0.1) is 19.0 Å². The van der Waals surface area contributed by atoms with E-state index >= 15 is 0 Å². The Morgan fingerprint density at radius 1 is 1.38 bits per heavy atom. The molecule has 0 atom stereocenters. The van der Waals surface area contributed by atoms with Gasteiger partial charge in [0.25, 0.3) is 5.69 Å². The predicted molar refractivity (Wildman–Crippen MR) is 95.4 cm³/mol. The van der Waals surface area contributed by atoms with Gasteiger partial charge < -0.3 is 15.5 Å². The van der Waals surface area contributed by atoms with E-state index in [1.165, 1.54) is 12.1 Å². The number of nitro benzene ring substituents is 1. The van der Waals surface area contributed by atoms with Crippen molar-refractivity contribution in [2.75, 3.05) is 19.6 Å². The summed E-state index contributed by atoms with van der Waals surface area (Å²) in [5, 5.41) is 16.8. The Morgan fingerprint density at radius 2 is 2.00 bits per heavy atom. The number of halogens is 1. The summed E-state index contributed by atoms with van der Waals surface area (Å²) in [5.74, 6) is 0. The quantitative estimate of drug-likeness (QED) is 0.466.